The zero-order valence-electron chi connectivity index (χ0n) is 14.3. The van der Waals surface area contributed by atoms with E-state index >= 15 is 0 Å². The van der Waals surface area contributed by atoms with Crippen LogP contribution >= 0.6 is 11.3 Å². The number of imide groups is 1. The van der Waals surface area contributed by atoms with Crippen molar-refractivity contribution in [2.75, 3.05) is 0 Å². The van der Waals surface area contributed by atoms with Gasteiger partial charge in [-0.25, -0.2) is 9.78 Å². The lowest BCUT2D eigenvalue weighted by atomic mass is 9.76. The molecule has 3 aromatic rings. The topological polar surface area (TPSA) is 83.8 Å². The highest BCUT2D eigenvalue weighted by Crippen LogP contribution is 2.40. The van der Waals surface area contributed by atoms with Gasteiger partial charge in [-0.15, -0.1) is 11.3 Å². The quantitative estimate of drug-likeness (QED) is 0.690. The van der Waals surface area contributed by atoms with Crippen molar-refractivity contribution in [3.8, 4) is 0 Å². The van der Waals surface area contributed by atoms with Crippen LogP contribution in [0.2, 0.25) is 0 Å². The molecule has 3 amide bonds. The maximum absolute atomic E-state index is 13.3. The summed E-state index contributed by atoms with van der Waals surface area (Å²) >= 11 is 1.34. The monoisotopic (exact) mass is 380 g/mol. The van der Waals surface area contributed by atoms with Gasteiger partial charge in [0.15, 0.2) is 4.96 Å². The van der Waals surface area contributed by atoms with Gasteiger partial charge >= 0.3 is 6.03 Å². The number of amides is 3. The van der Waals surface area contributed by atoms with Crippen LogP contribution < -0.4 is 10.9 Å². The van der Waals surface area contributed by atoms with E-state index in [-0.39, 0.29) is 18.0 Å². The van der Waals surface area contributed by atoms with E-state index in [1.807, 2.05) is 24.3 Å². The van der Waals surface area contributed by atoms with Crippen molar-refractivity contribution in [1.82, 2.24) is 19.6 Å². The maximum Gasteiger partial charge on any atom is 0.325 e. The molecule has 1 saturated heterocycles. The molecule has 7 nitrogen and oxygen atoms in total. The Morgan fingerprint density at radius 3 is 2.96 bits per heavy atom. The van der Waals surface area contributed by atoms with Gasteiger partial charge in [-0.2, -0.15) is 0 Å². The molecule has 2 aromatic heterocycles. The summed E-state index contributed by atoms with van der Waals surface area (Å²) in [4.78, 5) is 44.3. The van der Waals surface area contributed by atoms with Gasteiger partial charge in [-0.3, -0.25) is 18.9 Å². The van der Waals surface area contributed by atoms with E-state index in [0.29, 0.717) is 17.1 Å². The fourth-order valence-corrected chi connectivity index (χ4v) is 4.82. The van der Waals surface area contributed by atoms with Gasteiger partial charge in [0.1, 0.15) is 5.54 Å². The highest BCUT2D eigenvalue weighted by molar-refractivity contribution is 7.15. The van der Waals surface area contributed by atoms with Crippen molar-refractivity contribution < 1.29 is 9.59 Å². The summed E-state index contributed by atoms with van der Waals surface area (Å²) in [6, 6.07) is 8.69. The van der Waals surface area contributed by atoms with Gasteiger partial charge in [-0.1, -0.05) is 24.3 Å². The first-order chi connectivity index (χ1) is 13.1. The Bertz CT molecular complexity index is 1150. The van der Waals surface area contributed by atoms with Crippen LogP contribution in [0.3, 0.4) is 0 Å². The number of nitrogens with zero attached hydrogens (tertiary/aromatic N) is 3. The molecule has 1 atom stereocenters. The Labute approximate surface area is 158 Å². The molecule has 27 heavy (non-hydrogen) atoms. The van der Waals surface area contributed by atoms with Gasteiger partial charge in [-0.05, 0) is 30.4 Å². The fraction of sp³-hybridized carbons (Fsp3) is 0.263. The van der Waals surface area contributed by atoms with Gasteiger partial charge < -0.3 is 5.32 Å². The van der Waals surface area contributed by atoms with Crippen molar-refractivity contribution in [1.29, 1.82) is 0 Å². The summed E-state index contributed by atoms with van der Waals surface area (Å²) in [5.74, 6) is -0.271. The normalized spacial score (nSPS) is 21.7. The average molecular weight is 380 g/mol. The Hall–Kier alpha value is -3.00. The summed E-state index contributed by atoms with van der Waals surface area (Å²) < 4.78 is 1.44. The van der Waals surface area contributed by atoms with Gasteiger partial charge in [0.2, 0.25) is 0 Å². The molecular formula is C19H16N4O3S. The number of aryl methyl sites for hydroxylation is 1. The Morgan fingerprint density at radius 2 is 2.07 bits per heavy atom. The number of rotatable bonds is 2. The minimum atomic E-state index is -1.01. The van der Waals surface area contributed by atoms with E-state index in [2.05, 4.69) is 10.3 Å². The number of hydrogen-bond donors (Lipinski definition) is 1. The average Bonchev–Trinajstić information content (AvgIpc) is 3.22. The fourth-order valence-electron chi connectivity index (χ4n) is 4.09. The second-order valence-corrected chi connectivity index (χ2v) is 7.75. The highest BCUT2D eigenvalue weighted by Gasteiger charge is 2.53. The van der Waals surface area contributed by atoms with Crippen LogP contribution in [0.4, 0.5) is 4.79 Å². The molecule has 1 spiro atoms. The Balaban J connectivity index is 1.53. The van der Waals surface area contributed by atoms with E-state index in [1.54, 1.807) is 11.6 Å². The maximum atomic E-state index is 13.3. The first-order valence-electron chi connectivity index (χ1n) is 8.77. The van der Waals surface area contributed by atoms with Crippen molar-refractivity contribution in [3.05, 3.63) is 69.1 Å². The molecule has 5 rings (SSSR count). The first-order valence-corrected chi connectivity index (χ1v) is 9.65. The van der Waals surface area contributed by atoms with E-state index in [1.165, 1.54) is 26.7 Å². The molecule has 1 N–H and O–H groups in total. The van der Waals surface area contributed by atoms with E-state index in [0.717, 1.165) is 24.0 Å². The van der Waals surface area contributed by atoms with E-state index in [4.69, 9.17) is 0 Å². The zero-order chi connectivity index (χ0) is 18.6. The molecule has 2 aliphatic rings. The number of fused-ring (bicyclic) bond motifs is 3. The second-order valence-electron chi connectivity index (χ2n) is 6.88. The summed E-state index contributed by atoms with van der Waals surface area (Å²) in [6.45, 7) is -0.0157. The molecule has 0 saturated carbocycles. The van der Waals surface area contributed by atoms with Crippen molar-refractivity contribution in [2.45, 2.75) is 31.3 Å². The number of aromatic nitrogens is 2. The van der Waals surface area contributed by atoms with Gasteiger partial charge in [0, 0.05) is 17.6 Å². The number of thiazole rings is 1. The Kier molecular flexibility index (Phi) is 3.45. The number of hydrogen-bond acceptors (Lipinski definition) is 5. The molecule has 1 aromatic carbocycles. The highest BCUT2D eigenvalue weighted by atomic mass is 32.1. The van der Waals surface area contributed by atoms with Gasteiger partial charge in [0.05, 0.1) is 12.2 Å². The number of urea groups is 1. The third-order valence-electron chi connectivity index (χ3n) is 5.33. The van der Waals surface area contributed by atoms with Crippen LogP contribution in [-0.2, 0) is 23.3 Å². The predicted molar refractivity (Wildman–Crippen MR) is 99.5 cm³/mol. The summed E-state index contributed by atoms with van der Waals surface area (Å²) in [6.07, 6.45) is 3.96. The van der Waals surface area contributed by atoms with Crippen LogP contribution in [0, 0.1) is 0 Å². The molecular weight excluding hydrogens is 364 g/mol. The first kappa shape index (κ1) is 16.2. The number of carbonyl (C=O) groups is 2. The summed E-state index contributed by atoms with van der Waals surface area (Å²) in [5.41, 5.74) is 1.15. The molecule has 0 radical (unpaired) electrons. The van der Waals surface area contributed by atoms with E-state index in [9.17, 15) is 14.4 Å². The van der Waals surface area contributed by atoms with Crippen LogP contribution in [0.1, 0.15) is 29.7 Å². The smallest absolute Gasteiger partial charge is 0.319 e. The molecule has 0 unspecified atom stereocenters. The van der Waals surface area contributed by atoms with Crippen LogP contribution in [-0.4, -0.2) is 26.2 Å². The largest absolute Gasteiger partial charge is 0.325 e. The SMILES string of the molecule is O=C1N[C@]2(CCCc3ccccc32)C(=O)N1Cc1cc(=O)n2ccsc2n1. The minimum absolute atomic E-state index is 0.0157. The van der Waals surface area contributed by atoms with Gasteiger partial charge in [0.25, 0.3) is 11.5 Å². The molecule has 1 aliphatic carbocycles. The van der Waals surface area contributed by atoms with Crippen molar-refractivity contribution in [2.24, 2.45) is 0 Å². The number of benzene rings is 1. The lowest BCUT2D eigenvalue weighted by Gasteiger charge is -2.33. The van der Waals surface area contributed by atoms with Crippen molar-refractivity contribution in [3.63, 3.8) is 0 Å². The van der Waals surface area contributed by atoms with E-state index < -0.39 is 11.6 Å². The zero-order valence-corrected chi connectivity index (χ0v) is 15.2. The van der Waals surface area contributed by atoms with Crippen LogP contribution in [0.5, 0.6) is 0 Å². The molecule has 3 heterocycles. The summed E-state index contributed by atoms with van der Waals surface area (Å²) in [7, 11) is 0. The molecule has 8 heteroatoms. The molecule has 136 valence electrons. The molecule has 0 bridgehead atoms. The van der Waals surface area contributed by atoms with Crippen molar-refractivity contribution >= 4 is 28.2 Å². The van der Waals surface area contributed by atoms with Crippen LogP contribution in [0.25, 0.3) is 4.96 Å². The third-order valence-corrected chi connectivity index (χ3v) is 6.08. The summed E-state index contributed by atoms with van der Waals surface area (Å²) in [5, 5.41) is 4.69. The third kappa shape index (κ3) is 2.33. The Morgan fingerprint density at radius 1 is 1.22 bits per heavy atom. The lowest BCUT2D eigenvalue weighted by molar-refractivity contribution is -0.132. The number of nitrogens with one attached hydrogen (secondary N) is 1. The van der Waals surface area contributed by atoms with Crippen LogP contribution in [0.15, 0.2) is 46.7 Å². The number of carbonyl (C=O) groups excluding carboxylic acids is 2. The predicted octanol–water partition coefficient (Wildman–Crippen LogP) is 2.04. The lowest BCUT2D eigenvalue weighted by Crippen LogP contribution is -2.46. The molecule has 1 aliphatic heterocycles. The second kappa shape index (κ2) is 5.75. The molecule has 1 fully saturated rings. The standard InChI is InChI=1S/C19H16N4O3S/c24-15-10-13(20-18-22(15)8-9-27-18)11-23-16(25)19(21-17(23)26)7-3-5-12-4-1-2-6-14(12)19/h1-2,4,6,8-10H,3,5,7,11H2,(H,21,26)/t19-/m0/s1. The minimum Gasteiger partial charge on any atom is -0.319 e.